The van der Waals surface area contributed by atoms with Gasteiger partial charge in [0.25, 0.3) is 15.9 Å². The molecule has 0 aliphatic carbocycles. The predicted molar refractivity (Wildman–Crippen MR) is 115 cm³/mol. The summed E-state index contributed by atoms with van der Waals surface area (Å²) in [6.45, 7) is 2.50. The second-order valence-corrected chi connectivity index (χ2v) is 8.42. The molecular formula is C21H20N4O6S. The highest BCUT2D eigenvalue weighted by Crippen LogP contribution is 2.17. The van der Waals surface area contributed by atoms with Crippen LogP contribution in [0.25, 0.3) is 11.4 Å². The second kappa shape index (κ2) is 9.43. The molecule has 0 fully saturated rings. The third-order valence-electron chi connectivity index (χ3n) is 4.26. The number of esters is 1. The first-order valence-electron chi connectivity index (χ1n) is 9.41. The molecule has 166 valence electrons. The highest BCUT2D eigenvalue weighted by molar-refractivity contribution is 7.90. The Kier molecular flexibility index (Phi) is 6.69. The normalized spacial score (nSPS) is 11.9. The fourth-order valence-corrected chi connectivity index (χ4v) is 3.67. The van der Waals surface area contributed by atoms with Crippen molar-refractivity contribution in [2.24, 2.45) is 0 Å². The molecule has 2 aromatic carbocycles. The summed E-state index contributed by atoms with van der Waals surface area (Å²) < 4.78 is 30.9. The van der Waals surface area contributed by atoms with Crippen LogP contribution < -0.4 is 10.0 Å². The molecule has 32 heavy (non-hydrogen) atoms. The van der Waals surface area contributed by atoms with E-state index >= 15 is 0 Å². The summed E-state index contributed by atoms with van der Waals surface area (Å²) in [5.74, 6) is -1.32. The molecule has 1 aromatic heterocycles. The Morgan fingerprint density at radius 2 is 1.69 bits per heavy atom. The van der Waals surface area contributed by atoms with Crippen molar-refractivity contribution in [3.63, 3.8) is 0 Å². The number of hydrogen-bond donors (Lipinski definition) is 3. The molecule has 11 heteroatoms. The van der Waals surface area contributed by atoms with E-state index in [2.05, 4.69) is 15.3 Å². The number of H-pyrrole nitrogens is 1. The Morgan fingerprint density at radius 3 is 2.25 bits per heavy atom. The van der Waals surface area contributed by atoms with Gasteiger partial charge in [-0.1, -0.05) is 12.1 Å². The quantitative estimate of drug-likeness (QED) is 0.461. The number of imidazole rings is 1. The van der Waals surface area contributed by atoms with Crippen molar-refractivity contribution < 1.29 is 27.5 Å². The number of aromatic nitrogens is 2. The van der Waals surface area contributed by atoms with Crippen LogP contribution >= 0.6 is 0 Å². The van der Waals surface area contributed by atoms with E-state index in [9.17, 15) is 22.8 Å². The maximum absolute atomic E-state index is 12.3. The molecule has 0 saturated carbocycles. The van der Waals surface area contributed by atoms with Crippen LogP contribution in [0.15, 0.2) is 65.8 Å². The Hall–Kier alpha value is -3.99. The summed E-state index contributed by atoms with van der Waals surface area (Å²) in [7, 11) is -3.97. The standard InChI is InChI=1S/C21H20N4O6S/c1-13(31-21(28)16-5-3-15(4-6-16)19-22-11-12-23-19)20(27)24-17-7-9-18(10-8-17)32(29,30)25-14(2)26/h3-13H,1-2H3,(H,22,23)(H,24,27)(H,25,26). The first-order valence-corrected chi connectivity index (χ1v) is 10.9. The number of hydrogen-bond acceptors (Lipinski definition) is 7. The number of carbonyl (C=O) groups excluding carboxylic acids is 3. The molecule has 1 unspecified atom stereocenters. The van der Waals surface area contributed by atoms with Gasteiger partial charge in [0.2, 0.25) is 5.91 Å². The average Bonchev–Trinajstić information content (AvgIpc) is 3.28. The average molecular weight is 456 g/mol. The number of sulfonamides is 1. The molecule has 0 saturated heterocycles. The summed E-state index contributed by atoms with van der Waals surface area (Å²) >= 11 is 0. The van der Waals surface area contributed by atoms with Gasteiger partial charge in [0.1, 0.15) is 5.82 Å². The van der Waals surface area contributed by atoms with Gasteiger partial charge in [-0.2, -0.15) is 0 Å². The van der Waals surface area contributed by atoms with Crippen molar-refractivity contribution in [1.82, 2.24) is 14.7 Å². The van der Waals surface area contributed by atoms with Gasteiger partial charge in [-0.3, -0.25) is 9.59 Å². The van der Waals surface area contributed by atoms with Gasteiger partial charge in [0.15, 0.2) is 6.10 Å². The van der Waals surface area contributed by atoms with E-state index in [0.717, 1.165) is 12.5 Å². The molecule has 1 atom stereocenters. The van der Waals surface area contributed by atoms with Crippen molar-refractivity contribution in [1.29, 1.82) is 0 Å². The van der Waals surface area contributed by atoms with E-state index in [1.165, 1.54) is 31.2 Å². The van der Waals surface area contributed by atoms with Crippen molar-refractivity contribution >= 4 is 33.5 Å². The van der Waals surface area contributed by atoms with E-state index in [-0.39, 0.29) is 10.5 Å². The van der Waals surface area contributed by atoms with Gasteiger partial charge < -0.3 is 15.0 Å². The van der Waals surface area contributed by atoms with Gasteiger partial charge in [0.05, 0.1) is 10.5 Å². The monoisotopic (exact) mass is 456 g/mol. The van der Waals surface area contributed by atoms with Crippen molar-refractivity contribution in [2.45, 2.75) is 24.8 Å². The van der Waals surface area contributed by atoms with Crippen LogP contribution in [0.1, 0.15) is 24.2 Å². The molecule has 0 radical (unpaired) electrons. The molecule has 10 nitrogen and oxygen atoms in total. The fraction of sp³-hybridized carbons (Fsp3) is 0.143. The molecule has 0 aliphatic rings. The number of nitrogens with zero attached hydrogens (tertiary/aromatic N) is 1. The maximum Gasteiger partial charge on any atom is 0.338 e. The van der Waals surface area contributed by atoms with Crippen molar-refractivity contribution in [2.75, 3.05) is 5.32 Å². The lowest BCUT2D eigenvalue weighted by Gasteiger charge is -2.14. The molecular weight excluding hydrogens is 436 g/mol. The van der Waals surface area contributed by atoms with E-state index in [1.54, 1.807) is 36.7 Å². The number of ether oxygens (including phenoxy) is 1. The lowest BCUT2D eigenvalue weighted by Crippen LogP contribution is -2.30. The van der Waals surface area contributed by atoms with E-state index in [0.29, 0.717) is 11.5 Å². The highest BCUT2D eigenvalue weighted by Gasteiger charge is 2.20. The topological polar surface area (TPSA) is 147 Å². The van der Waals surface area contributed by atoms with Gasteiger partial charge in [0, 0.05) is 30.6 Å². The Bertz CT molecular complexity index is 1220. The number of aromatic amines is 1. The SMILES string of the molecule is CC(=O)NS(=O)(=O)c1ccc(NC(=O)C(C)OC(=O)c2ccc(-c3ncc[nH]3)cc2)cc1. The zero-order valence-electron chi connectivity index (χ0n) is 17.2. The second-order valence-electron chi connectivity index (χ2n) is 6.74. The molecule has 0 bridgehead atoms. The van der Waals surface area contributed by atoms with E-state index in [4.69, 9.17) is 4.74 Å². The van der Waals surface area contributed by atoms with Gasteiger partial charge >= 0.3 is 5.97 Å². The lowest BCUT2D eigenvalue weighted by molar-refractivity contribution is -0.123. The Morgan fingerprint density at radius 1 is 1.03 bits per heavy atom. The van der Waals surface area contributed by atoms with Crippen molar-refractivity contribution in [3.05, 3.63) is 66.5 Å². The summed E-state index contributed by atoms with van der Waals surface area (Å²) in [5, 5.41) is 2.53. The highest BCUT2D eigenvalue weighted by atomic mass is 32.2. The first kappa shape index (κ1) is 22.7. The zero-order valence-corrected chi connectivity index (χ0v) is 18.0. The predicted octanol–water partition coefficient (Wildman–Crippen LogP) is 2.09. The fourth-order valence-electron chi connectivity index (χ4n) is 2.68. The van der Waals surface area contributed by atoms with Crippen LogP contribution in [0.5, 0.6) is 0 Å². The molecule has 1 heterocycles. The minimum absolute atomic E-state index is 0.136. The zero-order chi connectivity index (χ0) is 23.3. The summed E-state index contributed by atoms with van der Waals surface area (Å²) in [5.41, 5.74) is 1.36. The lowest BCUT2D eigenvalue weighted by atomic mass is 10.1. The molecule has 3 aromatic rings. The molecule has 2 amide bonds. The van der Waals surface area contributed by atoms with Crippen LogP contribution in [0, 0.1) is 0 Å². The van der Waals surface area contributed by atoms with Gasteiger partial charge in [-0.25, -0.2) is 22.9 Å². The largest absolute Gasteiger partial charge is 0.449 e. The number of amides is 2. The summed E-state index contributed by atoms with van der Waals surface area (Å²) in [6, 6.07) is 11.7. The Balaban J connectivity index is 1.58. The van der Waals surface area contributed by atoms with Crippen LogP contribution in [0.4, 0.5) is 5.69 Å². The number of carbonyl (C=O) groups is 3. The molecule has 3 N–H and O–H groups in total. The number of nitrogens with one attached hydrogen (secondary N) is 3. The number of benzene rings is 2. The van der Waals surface area contributed by atoms with Crippen LogP contribution in [0.3, 0.4) is 0 Å². The maximum atomic E-state index is 12.3. The van der Waals surface area contributed by atoms with Crippen molar-refractivity contribution in [3.8, 4) is 11.4 Å². The van der Waals surface area contributed by atoms with Crippen LogP contribution in [-0.2, 0) is 24.3 Å². The van der Waals surface area contributed by atoms with Gasteiger partial charge in [-0.05, 0) is 43.3 Å². The Labute approximate surface area is 184 Å². The number of rotatable bonds is 7. The minimum Gasteiger partial charge on any atom is -0.449 e. The molecule has 0 spiro atoms. The van der Waals surface area contributed by atoms with Gasteiger partial charge in [-0.15, -0.1) is 0 Å². The third-order valence-corrected chi connectivity index (χ3v) is 5.70. The van der Waals surface area contributed by atoms with E-state index < -0.39 is 33.9 Å². The van der Waals surface area contributed by atoms with Crippen LogP contribution in [0.2, 0.25) is 0 Å². The summed E-state index contributed by atoms with van der Waals surface area (Å²) in [4.78, 5) is 42.6. The van der Waals surface area contributed by atoms with Crippen LogP contribution in [-0.4, -0.2) is 42.3 Å². The third kappa shape index (κ3) is 5.58. The van der Waals surface area contributed by atoms with E-state index in [1.807, 2.05) is 4.72 Å². The molecule has 0 aliphatic heterocycles. The minimum atomic E-state index is -3.97. The molecule has 3 rings (SSSR count). The smallest absolute Gasteiger partial charge is 0.338 e. The summed E-state index contributed by atoms with van der Waals surface area (Å²) in [6.07, 6.45) is 2.20. The first-order chi connectivity index (χ1) is 15.2. The number of anilines is 1.